The Labute approximate surface area is 137 Å². The molecule has 2 heterocycles. The molecule has 0 spiro atoms. The monoisotopic (exact) mass is 342 g/mol. The largest absolute Gasteiger partial charge is 0.379 e. The Morgan fingerprint density at radius 1 is 1.22 bits per heavy atom. The first-order chi connectivity index (χ1) is 10.9. The summed E-state index contributed by atoms with van der Waals surface area (Å²) in [7, 11) is -3.53. The Balaban J connectivity index is 1.83. The second-order valence-electron chi connectivity index (χ2n) is 6.50. The van der Waals surface area contributed by atoms with Crippen molar-refractivity contribution in [3.05, 3.63) is 29.8 Å². The Kier molecular flexibility index (Phi) is 4.73. The molecule has 0 aromatic heterocycles. The van der Waals surface area contributed by atoms with Gasteiger partial charge in [0.25, 0.3) is 0 Å². The molecule has 0 saturated carbocycles. The zero-order valence-electron chi connectivity index (χ0n) is 13.4. The van der Waals surface area contributed by atoms with Crippen molar-refractivity contribution in [2.45, 2.75) is 30.5 Å². The molecule has 5 nitrogen and oxygen atoms in total. The van der Waals surface area contributed by atoms with Crippen LogP contribution in [0.5, 0.6) is 0 Å². The third-order valence-corrected chi connectivity index (χ3v) is 6.46. The summed E-state index contributed by atoms with van der Waals surface area (Å²) in [6.07, 6.45) is 0.491. The van der Waals surface area contributed by atoms with E-state index in [1.807, 2.05) is 17.0 Å². The summed E-state index contributed by atoms with van der Waals surface area (Å²) in [5.41, 5.74) is -0.449. The molecule has 1 aromatic rings. The number of likely N-dealkylation sites (tertiary alicyclic amines) is 1. The highest BCUT2D eigenvalue weighted by Gasteiger charge is 2.34. The second-order valence-corrected chi connectivity index (χ2v) is 8.40. The van der Waals surface area contributed by atoms with Crippen LogP contribution in [0.4, 0.5) is 4.39 Å². The van der Waals surface area contributed by atoms with Crippen molar-refractivity contribution >= 4 is 10.0 Å². The lowest BCUT2D eigenvalue weighted by atomic mass is 10.1. The highest BCUT2D eigenvalue weighted by Crippen LogP contribution is 2.28. The topological polar surface area (TPSA) is 49.9 Å². The average molecular weight is 342 g/mol. The van der Waals surface area contributed by atoms with E-state index in [2.05, 4.69) is 0 Å². The fourth-order valence-corrected chi connectivity index (χ4v) is 4.83. The lowest BCUT2D eigenvalue weighted by Crippen LogP contribution is -2.41. The number of nitrogens with zero attached hydrogens (tertiary/aromatic N) is 2. The highest BCUT2D eigenvalue weighted by atomic mass is 32.2. The van der Waals surface area contributed by atoms with E-state index in [1.54, 1.807) is 19.1 Å². The number of alkyl halides is 1. The zero-order valence-corrected chi connectivity index (χ0v) is 14.2. The van der Waals surface area contributed by atoms with Crippen molar-refractivity contribution in [1.29, 1.82) is 0 Å². The average Bonchev–Trinajstić information content (AvgIpc) is 2.87. The van der Waals surface area contributed by atoms with E-state index in [0.717, 1.165) is 5.56 Å². The van der Waals surface area contributed by atoms with Gasteiger partial charge in [-0.15, -0.1) is 0 Å². The lowest BCUT2D eigenvalue weighted by molar-refractivity contribution is 0.0730. The maximum atomic E-state index is 14.0. The van der Waals surface area contributed by atoms with Gasteiger partial charge in [0, 0.05) is 32.7 Å². The van der Waals surface area contributed by atoms with Crippen molar-refractivity contribution in [1.82, 2.24) is 9.21 Å². The van der Waals surface area contributed by atoms with Crippen LogP contribution in [-0.2, 0) is 21.3 Å². The van der Waals surface area contributed by atoms with Crippen LogP contribution in [0.1, 0.15) is 18.9 Å². The van der Waals surface area contributed by atoms with Gasteiger partial charge in [-0.3, -0.25) is 4.90 Å². The molecule has 2 fully saturated rings. The van der Waals surface area contributed by atoms with Gasteiger partial charge in [0.2, 0.25) is 10.0 Å². The zero-order chi connectivity index (χ0) is 16.5. The van der Waals surface area contributed by atoms with Gasteiger partial charge in [-0.05, 0) is 25.0 Å². The maximum absolute atomic E-state index is 14.0. The molecule has 3 rings (SSSR count). The summed E-state index contributed by atoms with van der Waals surface area (Å²) in [4.78, 5) is 2.31. The molecule has 128 valence electrons. The van der Waals surface area contributed by atoms with Crippen LogP contribution < -0.4 is 0 Å². The molecule has 1 unspecified atom stereocenters. The Hall–Kier alpha value is -1.02. The SMILES string of the molecule is CC1(F)CCN(Cc2ccccc2S(=O)(=O)N2CCOCC2)C1. The number of ether oxygens (including phenoxy) is 1. The smallest absolute Gasteiger partial charge is 0.243 e. The Bertz CT molecular complexity index is 657. The summed E-state index contributed by atoms with van der Waals surface area (Å²) >= 11 is 0. The first-order valence-electron chi connectivity index (χ1n) is 7.96. The van der Waals surface area contributed by atoms with Crippen molar-refractivity contribution in [3.8, 4) is 0 Å². The number of benzene rings is 1. The first-order valence-corrected chi connectivity index (χ1v) is 9.40. The first kappa shape index (κ1) is 16.8. The fourth-order valence-electron chi connectivity index (χ4n) is 3.20. The number of morpholine rings is 1. The van der Waals surface area contributed by atoms with Crippen molar-refractivity contribution < 1.29 is 17.5 Å². The van der Waals surface area contributed by atoms with Gasteiger partial charge in [0.05, 0.1) is 18.1 Å². The van der Waals surface area contributed by atoms with E-state index in [-0.39, 0.29) is 0 Å². The molecule has 0 N–H and O–H groups in total. The minimum Gasteiger partial charge on any atom is -0.379 e. The molecular formula is C16H23FN2O3S. The molecule has 1 atom stereocenters. The molecule has 2 saturated heterocycles. The number of halogens is 1. The highest BCUT2D eigenvalue weighted by molar-refractivity contribution is 7.89. The molecular weight excluding hydrogens is 319 g/mol. The van der Waals surface area contributed by atoms with Crippen molar-refractivity contribution in [3.63, 3.8) is 0 Å². The van der Waals surface area contributed by atoms with Gasteiger partial charge in [-0.2, -0.15) is 4.31 Å². The maximum Gasteiger partial charge on any atom is 0.243 e. The third-order valence-electron chi connectivity index (χ3n) is 4.46. The quantitative estimate of drug-likeness (QED) is 0.835. The second kappa shape index (κ2) is 6.47. The standard InChI is InChI=1S/C16H23FN2O3S/c1-16(17)6-7-18(13-16)12-14-4-2-3-5-15(14)23(20,21)19-8-10-22-11-9-19/h2-5H,6-13H2,1H3. The Morgan fingerprint density at radius 2 is 1.91 bits per heavy atom. The van der Waals surface area contributed by atoms with Gasteiger partial charge < -0.3 is 4.74 Å². The van der Waals surface area contributed by atoms with Gasteiger partial charge in [-0.1, -0.05) is 18.2 Å². The molecule has 0 amide bonds. The molecule has 0 bridgehead atoms. The molecule has 0 aliphatic carbocycles. The molecule has 0 radical (unpaired) electrons. The van der Waals surface area contributed by atoms with Crippen LogP contribution in [0, 0.1) is 0 Å². The molecule has 1 aromatic carbocycles. The van der Waals surface area contributed by atoms with E-state index in [4.69, 9.17) is 4.74 Å². The summed E-state index contributed by atoms with van der Waals surface area (Å²) in [5.74, 6) is 0. The van der Waals surface area contributed by atoms with Crippen LogP contribution >= 0.6 is 0 Å². The van der Waals surface area contributed by atoms with Gasteiger partial charge >= 0.3 is 0 Å². The van der Waals surface area contributed by atoms with Gasteiger partial charge in [-0.25, -0.2) is 12.8 Å². The van der Waals surface area contributed by atoms with Gasteiger partial charge in [0.15, 0.2) is 0 Å². The third kappa shape index (κ3) is 3.74. The molecule has 7 heteroatoms. The van der Waals surface area contributed by atoms with Crippen LogP contribution in [0.25, 0.3) is 0 Å². The minimum absolute atomic E-state index is 0.328. The van der Waals surface area contributed by atoms with E-state index < -0.39 is 15.7 Å². The molecule has 2 aliphatic rings. The number of sulfonamides is 1. The van der Waals surface area contributed by atoms with Crippen LogP contribution in [0.2, 0.25) is 0 Å². The van der Waals surface area contributed by atoms with Crippen molar-refractivity contribution in [2.24, 2.45) is 0 Å². The van der Waals surface area contributed by atoms with Crippen LogP contribution in [-0.4, -0.2) is 62.7 Å². The summed E-state index contributed by atoms with van der Waals surface area (Å²) in [6.45, 7) is 4.66. The normalized spacial score (nSPS) is 27.4. The predicted molar refractivity (Wildman–Crippen MR) is 85.4 cm³/mol. The van der Waals surface area contributed by atoms with Crippen LogP contribution in [0.15, 0.2) is 29.2 Å². The van der Waals surface area contributed by atoms with E-state index in [9.17, 15) is 12.8 Å². The molecule has 23 heavy (non-hydrogen) atoms. The fraction of sp³-hybridized carbons (Fsp3) is 0.625. The number of rotatable bonds is 4. The summed E-state index contributed by atoms with van der Waals surface area (Å²) in [6, 6.07) is 7.03. The van der Waals surface area contributed by atoms with Crippen LogP contribution in [0.3, 0.4) is 0 Å². The summed E-state index contributed by atoms with van der Waals surface area (Å²) < 4.78 is 46.5. The van der Waals surface area contributed by atoms with E-state index in [1.165, 1.54) is 4.31 Å². The van der Waals surface area contributed by atoms with E-state index >= 15 is 0 Å². The lowest BCUT2D eigenvalue weighted by Gasteiger charge is -2.27. The summed E-state index contributed by atoms with van der Waals surface area (Å²) in [5, 5.41) is 0. The van der Waals surface area contributed by atoms with Crippen molar-refractivity contribution in [2.75, 3.05) is 39.4 Å². The number of hydrogen-bond acceptors (Lipinski definition) is 4. The molecule has 2 aliphatic heterocycles. The number of hydrogen-bond donors (Lipinski definition) is 0. The van der Waals surface area contributed by atoms with E-state index in [0.29, 0.717) is 57.3 Å². The minimum atomic E-state index is -3.53. The van der Waals surface area contributed by atoms with Gasteiger partial charge in [0.1, 0.15) is 5.67 Å². The predicted octanol–water partition coefficient (Wildman–Crippen LogP) is 1.64. The Morgan fingerprint density at radius 3 is 2.57 bits per heavy atom.